The topological polar surface area (TPSA) is 36.7 Å². The monoisotopic (exact) mass is 174 g/mol. The van der Waals surface area contributed by atoms with E-state index in [9.17, 15) is 0 Å². The first-order valence-corrected chi connectivity index (χ1v) is 4.64. The maximum Gasteiger partial charge on any atom is 0.140 e. The summed E-state index contributed by atoms with van der Waals surface area (Å²) in [6, 6.07) is 5.92. The fourth-order valence-corrected chi connectivity index (χ4v) is 1.41. The Balaban J connectivity index is 2.83. The lowest BCUT2D eigenvalue weighted by Gasteiger charge is -2.09. The molecule has 0 aliphatic rings. The third-order valence-corrected chi connectivity index (χ3v) is 2.19. The van der Waals surface area contributed by atoms with Crippen LogP contribution in [0.4, 0.5) is 0 Å². The molecule has 1 heterocycles. The van der Waals surface area contributed by atoms with Crippen LogP contribution in [-0.4, -0.2) is 4.98 Å². The molecule has 0 radical (unpaired) electrons. The summed E-state index contributed by atoms with van der Waals surface area (Å²) in [5, 5.41) is 8.66. The van der Waals surface area contributed by atoms with Crippen molar-refractivity contribution < 1.29 is 0 Å². The zero-order chi connectivity index (χ0) is 9.68. The third kappa shape index (κ3) is 2.55. The zero-order valence-electron chi connectivity index (χ0n) is 8.12. The lowest BCUT2D eigenvalue weighted by atomic mass is 9.97. The lowest BCUT2D eigenvalue weighted by Crippen LogP contribution is -1.94. The molecule has 2 heteroatoms. The predicted molar refractivity (Wildman–Crippen MR) is 52.3 cm³/mol. The van der Waals surface area contributed by atoms with Gasteiger partial charge in [0.1, 0.15) is 11.8 Å². The van der Waals surface area contributed by atoms with Crippen molar-refractivity contribution in [2.24, 2.45) is 0 Å². The molecule has 0 spiro atoms. The van der Waals surface area contributed by atoms with E-state index in [-0.39, 0.29) is 0 Å². The molecule has 0 amide bonds. The molecular weight excluding hydrogens is 160 g/mol. The van der Waals surface area contributed by atoms with E-state index >= 15 is 0 Å². The van der Waals surface area contributed by atoms with E-state index in [1.807, 2.05) is 12.1 Å². The maximum atomic E-state index is 8.66. The minimum atomic E-state index is 0.514. The second kappa shape index (κ2) is 4.61. The summed E-state index contributed by atoms with van der Waals surface area (Å²) in [5.41, 5.74) is 1.73. The molecule has 0 bridgehead atoms. The van der Waals surface area contributed by atoms with E-state index < -0.39 is 0 Å². The Morgan fingerprint density at radius 3 is 3.00 bits per heavy atom. The van der Waals surface area contributed by atoms with Crippen LogP contribution in [0.15, 0.2) is 18.3 Å². The smallest absolute Gasteiger partial charge is 0.140 e. The molecule has 1 atom stereocenters. The van der Waals surface area contributed by atoms with Crippen LogP contribution in [0, 0.1) is 11.3 Å². The normalized spacial score (nSPS) is 12.1. The van der Waals surface area contributed by atoms with Gasteiger partial charge in [0, 0.05) is 6.20 Å². The molecule has 1 aromatic rings. The van der Waals surface area contributed by atoms with Gasteiger partial charge in [0.25, 0.3) is 0 Å². The highest BCUT2D eigenvalue weighted by atomic mass is 14.7. The Morgan fingerprint density at radius 1 is 1.62 bits per heavy atom. The molecule has 68 valence electrons. The molecule has 0 aliphatic heterocycles. The standard InChI is InChI=1S/C11H14N2/c1-3-4-9(2)10-5-6-13-11(7-10)8-12/h5-7,9H,3-4H2,1-2H3. The van der Waals surface area contributed by atoms with Crippen LogP contribution in [0.25, 0.3) is 0 Å². The van der Waals surface area contributed by atoms with Crippen molar-refractivity contribution in [1.29, 1.82) is 5.26 Å². The van der Waals surface area contributed by atoms with Gasteiger partial charge in [-0.3, -0.25) is 0 Å². The molecule has 0 N–H and O–H groups in total. The summed E-state index contributed by atoms with van der Waals surface area (Å²) in [4.78, 5) is 3.94. The van der Waals surface area contributed by atoms with E-state index in [0.29, 0.717) is 11.6 Å². The molecule has 1 rings (SSSR count). The summed E-state index contributed by atoms with van der Waals surface area (Å²) >= 11 is 0. The van der Waals surface area contributed by atoms with Crippen molar-refractivity contribution >= 4 is 0 Å². The Kier molecular flexibility index (Phi) is 3.45. The second-order valence-corrected chi connectivity index (χ2v) is 3.28. The number of pyridine rings is 1. The minimum Gasteiger partial charge on any atom is -0.246 e. The van der Waals surface area contributed by atoms with Gasteiger partial charge in [-0.15, -0.1) is 0 Å². The summed E-state index contributed by atoms with van der Waals surface area (Å²) in [6.07, 6.45) is 4.04. The molecule has 0 aromatic carbocycles. The van der Waals surface area contributed by atoms with Gasteiger partial charge in [-0.05, 0) is 30.0 Å². The molecule has 0 saturated carbocycles. The minimum absolute atomic E-state index is 0.514. The summed E-state index contributed by atoms with van der Waals surface area (Å²) in [5.74, 6) is 0.528. The SMILES string of the molecule is CCCC(C)c1ccnc(C#N)c1. The average molecular weight is 174 g/mol. The summed E-state index contributed by atoms with van der Waals surface area (Å²) in [7, 11) is 0. The highest BCUT2D eigenvalue weighted by Gasteiger charge is 2.04. The maximum absolute atomic E-state index is 8.66. The molecule has 2 nitrogen and oxygen atoms in total. The van der Waals surface area contributed by atoms with Gasteiger partial charge in [-0.1, -0.05) is 20.3 Å². The van der Waals surface area contributed by atoms with Crippen LogP contribution < -0.4 is 0 Å². The molecule has 13 heavy (non-hydrogen) atoms. The number of hydrogen-bond donors (Lipinski definition) is 0. The summed E-state index contributed by atoms with van der Waals surface area (Å²) in [6.45, 7) is 4.35. The van der Waals surface area contributed by atoms with Gasteiger partial charge in [0.15, 0.2) is 0 Å². The molecule has 1 unspecified atom stereocenters. The van der Waals surface area contributed by atoms with Crippen LogP contribution >= 0.6 is 0 Å². The van der Waals surface area contributed by atoms with Gasteiger partial charge in [0.05, 0.1) is 0 Å². The van der Waals surface area contributed by atoms with E-state index in [0.717, 1.165) is 6.42 Å². The van der Waals surface area contributed by atoms with E-state index in [2.05, 4.69) is 24.9 Å². The van der Waals surface area contributed by atoms with Crippen molar-refractivity contribution in [1.82, 2.24) is 4.98 Å². The van der Waals surface area contributed by atoms with Gasteiger partial charge in [-0.25, -0.2) is 4.98 Å². The summed E-state index contributed by atoms with van der Waals surface area (Å²) < 4.78 is 0. The highest BCUT2D eigenvalue weighted by Crippen LogP contribution is 2.19. The van der Waals surface area contributed by atoms with Gasteiger partial charge < -0.3 is 0 Å². The van der Waals surface area contributed by atoms with Crippen molar-refractivity contribution in [3.63, 3.8) is 0 Å². The van der Waals surface area contributed by atoms with Crippen molar-refractivity contribution in [2.45, 2.75) is 32.6 Å². The first-order valence-electron chi connectivity index (χ1n) is 4.64. The van der Waals surface area contributed by atoms with Crippen LogP contribution in [0.3, 0.4) is 0 Å². The number of nitrogens with zero attached hydrogens (tertiary/aromatic N) is 2. The predicted octanol–water partition coefficient (Wildman–Crippen LogP) is 2.86. The Bertz CT molecular complexity index is 312. The number of hydrogen-bond acceptors (Lipinski definition) is 2. The Labute approximate surface area is 79.2 Å². The van der Waals surface area contributed by atoms with Gasteiger partial charge in [0.2, 0.25) is 0 Å². The van der Waals surface area contributed by atoms with E-state index in [1.54, 1.807) is 6.20 Å². The molecule has 0 fully saturated rings. The first-order chi connectivity index (χ1) is 6.27. The van der Waals surface area contributed by atoms with Crippen LogP contribution in [0.5, 0.6) is 0 Å². The molecule has 0 saturated heterocycles. The zero-order valence-corrected chi connectivity index (χ0v) is 8.12. The molecular formula is C11H14N2. The van der Waals surface area contributed by atoms with Crippen molar-refractivity contribution in [3.8, 4) is 6.07 Å². The highest BCUT2D eigenvalue weighted by molar-refractivity contribution is 5.27. The van der Waals surface area contributed by atoms with Crippen molar-refractivity contribution in [3.05, 3.63) is 29.6 Å². The number of rotatable bonds is 3. The van der Waals surface area contributed by atoms with Crippen LogP contribution in [0.2, 0.25) is 0 Å². The number of nitriles is 1. The second-order valence-electron chi connectivity index (χ2n) is 3.28. The van der Waals surface area contributed by atoms with E-state index in [1.165, 1.54) is 12.0 Å². The fraction of sp³-hybridized carbons (Fsp3) is 0.455. The van der Waals surface area contributed by atoms with Crippen molar-refractivity contribution in [2.75, 3.05) is 0 Å². The first kappa shape index (κ1) is 9.73. The van der Waals surface area contributed by atoms with Crippen LogP contribution in [-0.2, 0) is 0 Å². The Morgan fingerprint density at radius 2 is 2.38 bits per heavy atom. The number of aromatic nitrogens is 1. The van der Waals surface area contributed by atoms with Gasteiger partial charge >= 0.3 is 0 Å². The molecule has 0 aliphatic carbocycles. The largest absolute Gasteiger partial charge is 0.246 e. The van der Waals surface area contributed by atoms with E-state index in [4.69, 9.17) is 5.26 Å². The molecule has 1 aromatic heterocycles. The average Bonchev–Trinajstić information content (AvgIpc) is 2.18. The Hall–Kier alpha value is -1.36. The van der Waals surface area contributed by atoms with Crippen LogP contribution in [0.1, 0.15) is 43.9 Å². The third-order valence-electron chi connectivity index (χ3n) is 2.19. The quantitative estimate of drug-likeness (QED) is 0.706. The van der Waals surface area contributed by atoms with Gasteiger partial charge in [-0.2, -0.15) is 5.26 Å². The fourth-order valence-electron chi connectivity index (χ4n) is 1.41. The lowest BCUT2D eigenvalue weighted by molar-refractivity contribution is 0.664.